The predicted octanol–water partition coefficient (Wildman–Crippen LogP) is 3.80. The summed E-state index contributed by atoms with van der Waals surface area (Å²) in [5.74, 6) is -1.85. The van der Waals surface area contributed by atoms with Crippen LogP contribution in [0.5, 0.6) is 0 Å². The molecule has 0 aromatic heterocycles. The van der Waals surface area contributed by atoms with E-state index in [2.05, 4.69) is 20.7 Å². The van der Waals surface area contributed by atoms with Gasteiger partial charge in [0.2, 0.25) is 10.0 Å². The van der Waals surface area contributed by atoms with E-state index in [0.29, 0.717) is 12.8 Å². The first-order valence-electron chi connectivity index (χ1n) is 6.06. The third-order valence-electron chi connectivity index (χ3n) is 3.24. The lowest BCUT2D eigenvalue weighted by Crippen LogP contribution is -2.30. The fraction of sp³-hybridized carbons (Fsp3) is 0.500. The highest BCUT2D eigenvalue weighted by molar-refractivity contribution is 9.10. The molecule has 0 bridgehead atoms. The Kier molecular flexibility index (Phi) is 4.45. The molecule has 1 aliphatic rings. The van der Waals surface area contributed by atoms with Crippen molar-refractivity contribution in [2.75, 3.05) is 4.72 Å². The molecule has 3 nitrogen and oxygen atoms in total. The van der Waals surface area contributed by atoms with Crippen LogP contribution in [-0.2, 0) is 10.0 Å². The van der Waals surface area contributed by atoms with Gasteiger partial charge in [-0.2, -0.15) is 0 Å². The van der Waals surface area contributed by atoms with Crippen molar-refractivity contribution in [3.05, 3.63) is 28.2 Å². The standard InChI is InChI=1S/C12H14BrF2NO2S/c13-8-6-10(14)12(11(15)7-8)16-19(17,18)9-4-2-1-3-5-9/h6-7,9,16H,1-5H2. The number of hydrogen-bond acceptors (Lipinski definition) is 2. The van der Waals surface area contributed by atoms with Crippen molar-refractivity contribution in [3.63, 3.8) is 0 Å². The first kappa shape index (κ1) is 14.7. The van der Waals surface area contributed by atoms with Gasteiger partial charge in [0, 0.05) is 4.47 Å². The molecule has 7 heteroatoms. The number of sulfonamides is 1. The maximum atomic E-state index is 13.6. The van der Waals surface area contributed by atoms with E-state index in [-0.39, 0.29) is 4.47 Å². The zero-order chi connectivity index (χ0) is 14.0. The van der Waals surface area contributed by atoms with Gasteiger partial charge in [0.25, 0.3) is 0 Å². The quantitative estimate of drug-likeness (QED) is 0.898. The molecule has 1 aromatic rings. The molecule has 0 spiro atoms. The molecule has 0 aliphatic heterocycles. The Balaban J connectivity index is 2.25. The summed E-state index contributed by atoms with van der Waals surface area (Å²) in [7, 11) is -3.74. The summed E-state index contributed by atoms with van der Waals surface area (Å²) in [6.45, 7) is 0. The van der Waals surface area contributed by atoms with Crippen molar-refractivity contribution in [1.82, 2.24) is 0 Å². The van der Waals surface area contributed by atoms with Crippen LogP contribution in [0.3, 0.4) is 0 Å². The number of benzene rings is 1. The Morgan fingerprint density at radius 3 is 2.16 bits per heavy atom. The third-order valence-corrected chi connectivity index (χ3v) is 5.54. The zero-order valence-corrected chi connectivity index (χ0v) is 12.5. The second-order valence-corrected chi connectivity index (χ2v) is 7.53. The number of nitrogens with one attached hydrogen (secondary N) is 1. The first-order valence-corrected chi connectivity index (χ1v) is 8.40. The molecule has 2 rings (SSSR count). The summed E-state index contributed by atoms with van der Waals surface area (Å²) in [5, 5.41) is -0.566. The van der Waals surface area contributed by atoms with Crippen molar-refractivity contribution < 1.29 is 17.2 Å². The number of anilines is 1. The van der Waals surface area contributed by atoms with Crippen molar-refractivity contribution in [2.45, 2.75) is 37.4 Å². The fourth-order valence-electron chi connectivity index (χ4n) is 2.24. The second kappa shape index (κ2) is 5.75. The van der Waals surface area contributed by atoms with Gasteiger partial charge in [-0.15, -0.1) is 0 Å². The van der Waals surface area contributed by atoms with Crippen LogP contribution in [-0.4, -0.2) is 13.7 Å². The minimum Gasteiger partial charge on any atom is -0.278 e. The van der Waals surface area contributed by atoms with Gasteiger partial charge in [0.05, 0.1) is 5.25 Å². The Labute approximate surface area is 119 Å². The van der Waals surface area contributed by atoms with Crippen LogP contribution in [0, 0.1) is 11.6 Å². The zero-order valence-electron chi connectivity index (χ0n) is 10.1. The topological polar surface area (TPSA) is 46.2 Å². The normalized spacial score (nSPS) is 17.4. The third kappa shape index (κ3) is 3.45. The van der Waals surface area contributed by atoms with Crippen LogP contribution < -0.4 is 4.72 Å². The Morgan fingerprint density at radius 1 is 1.11 bits per heavy atom. The largest absolute Gasteiger partial charge is 0.278 e. The highest BCUT2D eigenvalue weighted by atomic mass is 79.9. The minimum absolute atomic E-state index is 0.225. The summed E-state index contributed by atoms with van der Waals surface area (Å²) in [5.41, 5.74) is -0.603. The summed E-state index contributed by atoms with van der Waals surface area (Å²) in [6.07, 6.45) is 3.74. The van der Waals surface area contributed by atoms with E-state index in [0.717, 1.165) is 31.4 Å². The molecule has 19 heavy (non-hydrogen) atoms. The highest BCUT2D eigenvalue weighted by Gasteiger charge is 2.29. The second-order valence-electron chi connectivity index (χ2n) is 4.65. The molecule has 1 saturated carbocycles. The van der Waals surface area contributed by atoms with Crippen molar-refractivity contribution >= 4 is 31.6 Å². The molecular formula is C12H14BrF2NO2S. The predicted molar refractivity (Wildman–Crippen MR) is 73.5 cm³/mol. The van der Waals surface area contributed by atoms with E-state index in [1.165, 1.54) is 0 Å². The summed E-state index contributed by atoms with van der Waals surface area (Å²) in [4.78, 5) is 0. The maximum Gasteiger partial charge on any atom is 0.235 e. The van der Waals surface area contributed by atoms with E-state index in [4.69, 9.17) is 0 Å². The van der Waals surface area contributed by atoms with E-state index in [9.17, 15) is 17.2 Å². The highest BCUT2D eigenvalue weighted by Crippen LogP contribution is 2.29. The average molecular weight is 354 g/mol. The van der Waals surface area contributed by atoms with Crippen LogP contribution >= 0.6 is 15.9 Å². The lowest BCUT2D eigenvalue weighted by atomic mass is 10.0. The van der Waals surface area contributed by atoms with E-state index >= 15 is 0 Å². The van der Waals surface area contributed by atoms with Crippen LogP contribution in [0.4, 0.5) is 14.5 Å². The molecule has 0 saturated heterocycles. The SMILES string of the molecule is O=S(=O)(Nc1c(F)cc(Br)cc1F)C1CCCCC1. The van der Waals surface area contributed by atoms with E-state index in [1.54, 1.807) is 0 Å². The van der Waals surface area contributed by atoms with Crippen LogP contribution in [0.1, 0.15) is 32.1 Å². The lowest BCUT2D eigenvalue weighted by Gasteiger charge is -2.22. The van der Waals surface area contributed by atoms with Gasteiger partial charge in [0.15, 0.2) is 11.6 Å². The van der Waals surface area contributed by atoms with Gasteiger partial charge in [-0.25, -0.2) is 17.2 Å². The summed E-state index contributed by atoms with van der Waals surface area (Å²) in [6, 6.07) is 2.06. The molecule has 0 unspecified atom stereocenters. The fourth-order valence-corrected chi connectivity index (χ4v) is 4.24. The molecule has 0 amide bonds. The minimum atomic E-state index is -3.74. The summed E-state index contributed by atoms with van der Waals surface area (Å²) < 4.78 is 53.7. The smallest absolute Gasteiger partial charge is 0.235 e. The number of hydrogen-bond donors (Lipinski definition) is 1. The molecule has 1 fully saturated rings. The molecule has 1 aromatic carbocycles. The maximum absolute atomic E-state index is 13.6. The van der Waals surface area contributed by atoms with Crippen molar-refractivity contribution in [1.29, 1.82) is 0 Å². The number of rotatable bonds is 3. The van der Waals surface area contributed by atoms with E-state index in [1.807, 2.05) is 0 Å². The average Bonchev–Trinajstić information content (AvgIpc) is 2.35. The van der Waals surface area contributed by atoms with E-state index < -0.39 is 32.6 Å². The molecular weight excluding hydrogens is 340 g/mol. The monoisotopic (exact) mass is 353 g/mol. The van der Waals surface area contributed by atoms with Gasteiger partial charge in [0.1, 0.15) is 5.69 Å². The van der Waals surface area contributed by atoms with Crippen molar-refractivity contribution in [2.24, 2.45) is 0 Å². The first-order chi connectivity index (χ1) is 8.90. The van der Waals surface area contributed by atoms with Gasteiger partial charge < -0.3 is 0 Å². The Morgan fingerprint density at radius 2 is 1.63 bits per heavy atom. The molecule has 106 valence electrons. The van der Waals surface area contributed by atoms with Crippen LogP contribution in [0.2, 0.25) is 0 Å². The van der Waals surface area contributed by atoms with Gasteiger partial charge in [-0.3, -0.25) is 4.72 Å². The Hall–Kier alpha value is -0.690. The van der Waals surface area contributed by atoms with Crippen LogP contribution in [0.15, 0.2) is 16.6 Å². The Bertz CT molecular complexity index is 548. The number of halogens is 3. The molecule has 0 heterocycles. The lowest BCUT2D eigenvalue weighted by molar-refractivity contribution is 0.485. The van der Waals surface area contributed by atoms with Gasteiger partial charge in [-0.1, -0.05) is 35.2 Å². The molecule has 0 radical (unpaired) electrons. The van der Waals surface area contributed by atoms with Gasteiger partial charge >= 0.3 is 0 Å². The molecule has 1 N–H and O–H groups in total. The molecule has 1 aliphatic carbocycles. The summed E-state index contributed by atoms with van der Waals surface area (Å²) >= 11 is 2.95. The van der Waals surface area contributed by atoms with Gasteiger partial charge in [-0.05, 0) is 25.0 Å². The molecule has 0 atom stereocenters. The van der Waals surface area contributed by atoms with Crippen LogP contribution in [0.25, 0.3) is 0 Å². The van der Waals surface area contributed by atoms with Crippen molar-refractivity contribution in [3.8, 4) is 0 Å².